The molecule has 1 aliphatic carbocycles. The van der Waals surface area contributed by atoms with Crippen LogP contribution in [-0.4, -0.2) is 38.5 Å². The van der Waals surface area contributed by atoms with Crippen molar-refractivity contribution >= 4 is 11.6 Å². The lowest BCUT2D eigenvalue weighted by Gasteiger charge is -2.40. The van der Waals surface area contributed by atoms with Gasteiger partial charge in [0.1, 0.15) is 0 Å². The number of carbonyl (C=O) groups is 1. The third-order valence-corrected chi connectivity index (χ3v) is 4.89. The first-order valence-corrected chi connectivity index (χ1v) is 7.33. The van der Waals surface area contributed by atoms with Crippen LogP contribution in [0.25, 0.3) is 5.65 Å². The number of fused-ring (bicyclic) bond motifs is 1. The number of hydrogen-bond donors (Lipinski definition) is 1. The highest BCUT2D eigenvalue weighted by Crippen LogP contribution is 2.52. The second-order valence-electron chi connectivity index (χ2n) is 6.50. The summed E-state index contributed by atoms with van der Waals surface area (Å²) in [4.78, 5) is 30.2. The molecule has 1 N–H and O–H groups in total. The monoisotopic (exact) mass is 286 g/mol. The first kappa shape index (κ1) is 12.6. The number of aromatic nitrogens is 3. The van der Waals surface area contributed by atoms with Gasteiger partial charge < -0.3 is 4.90 Å². The van der Waals surface area contributed by atoms with Crippen LogP contribution in [0.15, 0.2) is 10.9 Å². The molecule has 2 aliphatic rings. The molecule has 0 radical (unpaired) electrons. The fourth-order valence-corrected chi connectivity index (χ4v) is 3.31. The van der Waals surface area contributed by atoms with Crippen LogP contribution in [0.4, 0.5) is 0 Å². The molecular weight excluding hydrogens is 268 g/mol. The van der Waals surface area contributed by atoms with Gasteiger partial charge in [0, 0.05) is 41.5 Å². The highest BCUT2D eigenvalue weighted by atomic mass is 16.2. The van der Waals surface area contributed by atoms with E-state index in [0.29, 0.717) is 17.5 Å². The van der Waals surface area contributed by atoms with E-state index in [1.807, 2.05) is 18.7 Å². The quantitative estimate of drug-likeness (QED) is 0.888. The molecule has 0 bridgehead atoms. The molecule has 0 atom stereocenters. The minimum atomic E-state index is -0.174. The Morgan fingerprint density at radius 2 is 2.10 bits per heavy atom. The predicted octanol–water partition coefficient (Wildman–Crippen LogP) is 0.804. The molecular formula is C15H18N4O2. The van der Waals surface area contributed by atoms with E-state index in [-0.39, 0.29) is 11.5 Å². The zero-order chi connectivity index (χ0) is 14.8. The number of amides is 1. The van der Waals surface area contributed by atoms with Crippen molar-refractivity contribution < 1.29 is 4.79 Å². The Hall–Kier alpha value is -2.11. The van der Waals surface area contributed by atoms with E-state index in [2.05, 4.69) is 10.1 Å². The van der Waals surface area contributed by atoms with Crippen LogP contribution >= 0.6 is 0 Å². The van der Waals surface area contributed by atoms with Crippen LogP contribution < -0.4 is 5.56 Å². The molecule has 0 aromatic carbocycles. The van der Waals surface area contributed by atoms with E-state index >= 15 is 0 Å². The Kier molecular flexibility index (Phi) is 2.38. The molecule has 4 rings (SSSR count). The van der Waals surface area contributed by atoms with Crippen LogP contribution in [-0.2, 0) is 11.2 Å². The smallest absolute Gasteiger partial charge is 0.266 e. The SMILES string of the molecule is Cc1nc2cc(=O)[nH]n2c(C)c1CC(=O)N1CC2(CC2)C1. The van der Waals surface area contributed by atoms with Crippen molar-refractivity contribution in [3.8, 4) is 0 Å². The first-order chi connectivity index (χ1) is 9.97. The van der Waals surface area contributed by atoms with Crippen molar-refractivity contribution in [3.63, 3.8) is 0 Å². The van der Waals surface area contributed by atoms with E-state index in [0.717, 1.165) is 30.0 Å². The van der Waals surface area contributed by atoms with E-state index in [1.165, 1.54) is 18.9 Å². The van der Waals surface area contributed by atoms with Crippen molar-refractivity contribution in [1.29, 1.82) is 0 Å². The molecule has 2 aromatic rings. The molecule has 2 fully saturated rings. The van der Waals surface area contributed by atoms with Crippen LogP contribution in [0.5, 0.6) is 0 Å². The molecule has 2 aromatic heterocycles. The lowest BCUT2D eigenvalue weighted by atomic mass is 9.95. The average Bonchev–Trinajstić information content (AvgIpc) is 3.10. The number of rotatable bonds is 2. The predicted molar refractivity (Wildman–Crippen MR) is 77.2 cm³/mol. The second kappa shape index (κ2) is 3.96. The summed E-state index contributed by atoms with van der Waals surface area (Å²) in [5.74, 6) is 0.161. The zero-order valence-corrected chi connectivity index (χ0v) is 12.3. The fourth-order valence-electron chi connectivity index (χ4n) is 3.31. The average molecular weight is 286 g/mol. The first-order valence-electron chi connectivity index (χ1n) is 7.33. The van der Waals surface area contributed by atoms with Crippen molar-refractivity contribution in [2.24, 2.45) is 5.41 Å². The number of hydrogen-bond acceptors (Lipinski definition) is 3. The van der Waals surface area contributed by atoms with Crippen LogP contribution in [0.1, 0.15) is 29.8 Å². The largest absolute Gasteiger partial charge is 0.341 e. The van der Waals surface area contributed by atoms with Crippen LogP contribution in [0.3, 0.4) is 0 Å². The molecule has 3 heterocycles. The van der Waals surface area contributed by atoms with Crippen molar-refractivity contribution in [2.75, 3.05) is 13.1 Å². The molecule has 6 heteroatoms. The Morgan fingerprint density at radius 3 is 2.76 bits per heavy atom. The number of H-pyrrole nitrogens is 1. The number of nitrogens with zero attached hydrogens (tertiary/aromatic N) is 3. The maximum Gasteiger partial charge on any atom is 0.266 e. The van der Waals surface area contributed by atoms with Gasteiger partial charge >= 0.3 is 0 Å². The molecule has 21 heavy (non-hydrogen) atoms. The van der Waals surface area contributed by atoms with Gasteiger partial charge in [0.2, 0.25) is 5.91 Å². The molecule has 0 unspecified atom stereocenters. The summed E-state index contributed by atoms with van der Waals surface area (Å²) in [6.45, 7) is 5.64. The van der Waals surface area contributed by atoms with Crippen LogP contribution in [0, 0.1) is 19.3 Å². The fraction of sp³-hybridized carbons (Fsp3) is 0.533. The highest BCUT2D eigenvalue weighted by molar-refractivity contribution is 5.80. The molecule has 110 valence electrons. The normalized spacial score (nSPS) is 19.0. The van der Waals surface area contributed by atoms with Crippen molar-refractivity contribution in [2.45, 2.75) is 33.1 Å². The van der Waals surface area contributed by atoms with Crippen LogP contribution in [0.2, 0.25) is 0 Å². The molecule has 6 nitrogen and oxygen atoms in total. The lowest BCUT2D eigenvalue weighted by Crippen LogP contribution is -2.52. The number of aromatic amines is 1. The maximum absolute atomic E-state index is 12.4. The summed E-state index contributed by atoms with van der Waals surface area (Å²) in [5, 5.41) is 2.72. The summed E-state index contributed by atoms with van der Waals surface area (Å²) in [6.07, 6.45) is 2.90. The highest BCUT2D eigenvalue weighted by Gasteiger charge is 2.53. The topological polar surface area (TPSA) is 70.5 Å². The molecule has 1 amide bonds. The third-order valence-electron chi connectivity index (χ3n) is 4.89. The Bertz CT molecular complexity index is 805. The Balaban J connectivity index is 1.63. The van der Waals surface area contributed by atoms with Gasteiger partial charge in [-0.1, -0.05) is 0 Å². The molecule has 1 saturated carbocycles. The third kappa shape index (κ3) is 1.89. The van der Waals surface area contributed by atoms with E-state index in [9.17, 15) is 9.59 Å². The van der Waals surface area contributed by atoms with Gasteiger partial charge in [-0.25, -0.2) is 9.50 Å². The van der Waals surface area contributed by atoms with Gasteiger partial charge in [-0.15, -0.1) is 0 Å². The summed E-state index contributed by atoms with van der Waals surface area (Å²) in [7, 11) is 0. The van der Waals surface area contributed by atoms with Gasteiger partial charge in [-0.05, 0) is 26.7 Å². The van der Waals surface area contributed by atoms with Gasteiger partial charge in [0.25, 0.3) is 5.56 Å². The van der Waals surface area contributed by atoms with E-state index in [4.69, 9.17) is 0 Å². The van der Waals surface area contributed by atoms with E-state index < -0.39 is 0 Å². The van der Waals surface area contributed by atoms with Crippen molar-refractivity contribution in [1.82, 2.24) is 19.5 Å². The molecule has 1 spiro atoms. The Morgan fingerprint density at radius 1 is 1.38 bits per heavy atom. The maximum atomic E-state index is 12.4. The summed E-state index contributed by atoms with van der Waals surface area (Å²) < 4.78 is 1.66. The zero-order valence-electron chi connectivity index (χ0n) is 12.3. The summed E-state index contributed by atoms with van der Waals surface area (Å²) >= 11 is 0. The molecule has 1 aliphatic heterocycles. The number of carbonyl (C=O) groups excluding carboxylic acids is 1. The van der Waals surface area contributed by atoms with Crippen molar-refractivity contribution in [3.05, 3.63) is 33.4 Å². The Labute approximate surface area is 121 Å². The lowest BCUT2D eigenvalue weighted by molar-refractivity contribution is -0.137. The minimum absolute atomic E-state index is 0.161. The second-order valence-corrected chi connectivity index (χ2v) is 6.50. The van der Waals surface area contributed by atoms with Gasteiger partial charge in [0.05, 0.1) is 6.42 Å². The van der Waals surface area contributed by atoms with Gasteiger partial charge in [0.15, 0.2) is 5.65 Å². The van der Waals surface area contributed by atoms with Gasteiger partial charge in [-0.2, -0.15) is 0 Å². The van der Waals surface area contributed by atoms with E-state index in [1.54, 1.807) is 4.52 Å². The summed E-state index contributed by atoms with van der Waals surface area (Å²) in [5.41, 5.74) is 3.53. The number of nitrogens with one attached hydrogen (secondary N) is 1. The standard InChI is InChI=1S/C15H18N4O2/c1-9-11(5-14(21)18-7-15(8-18)3-4-15)10(2)19-12(16-9)6-13(20)17-19/h6H,3-5,7-8H2,1-2H3,(H,17,20). The van der Waals surface area contributed by atoms with Gasteiger partial charge in [-0.3, -0.25) is 14.7 Å². The number of likely N-dealkylation sites (tertiary alicyclic amines) is 1. The summed E-state index contributed by atoms with van der Waals surface area (Å²) in [6, 6.07) is 1.47. The molecule has 1 saturated heterocycles. The minimum Gasteiger partial charge on any atom is -0.341 e. The number of aryl methyl sites for hydroxylation is 2.